The third kappa shape index (κ3) is 3.09. The minimum absolute atomic E-state index is 0. The molecule has 0 fully saturated rings. The lowest BCUT2D eigenvalue weighted by atomic mass is 10.1. The first-order valence-electron chi connectivity index (χ1n) is 3.28. The molecule has 5 N–H and O–H groups in total. The first-order valence-corrected chi connectivity index (χ1v) is 3.28. The molecule has 0 aromatic heterocycles. The Morgan fingerprint density at radius 3 is 2.25 bits per heavy atom. The molecule has 0 unspecified atom stereocenters. The summed E-state index contributed by atoms with van der Waals surface area (Å²) in [5.41, 5.74) is 6.06. The SMILES string of the molecule is Cc1ccc(NN)c(C)c1.Cl.O. The highest BCUT2D eigenvalue weighted by atomic mass is 35.5. The van der Waals surface area contributed by atoms with E-state index in [0.717, 1.165) is 5.69 Å². The molecular formula is C8H15ClN2O. The number of hydrogen-bond donors (Lipinski definition) is 2. The molecule has 0 atom stereocenters. The van der Waals surface area contributed by atoms with E-state index < -0.39 is 0 Å². The summed E-state index contributed by atoms with van der Waals surface area (Å²) in [6, 6.07) is 6.10. The molecule has 0 spiro atoms. The molecule has 0 radical (unpaired) electrons. The maximum Gasteiger partial charge on any atom is 0.0514 e. The molecule has 0 saturated heterocycles. The number of benzene rings is 1. The molecule has 0 aliphatic rings. The normalized spacial score (nSPS) is 7.92. The number of nitrogens with one attached hydrogen (secondary N) is 1. The molecule has 70 valence electrons. The maximum absolute atomic E-state index is 5.25. The van der Waals surface area contributed by atoms with Gasteiger partial charge in [-0.25, -0.2) is 0 Å². The van der Waals surface area contributed by atoms with Gasteiger partial charge in [-0.3, -0.25) is 5.84 Å². The Bertz CT molecular complexity index is 240. The van der Waals surface area contributed by atoms with Crippen LogP contribution in [0.4, 0.5) is 5.69 Å². The summed E-state index contributed by atoms with van der Waals surface area (Å²) in [6.45, 7) is 4.09. The minimum atomic E-state index is 0. The summed E-state index contributed by atoms with van der Waals surface area (Å²) in [7, 11) is 0. The largest absolute Gasteiger partial charge is 0.412 e. The van der Waals surface area contributed by atoms with Gasteiger partial charge in [0.1, 0.15) is 0 Å². The Labute approximate surface area is 78.7 Å². The lowest BCUT2D eigenvalue weighted by molar-refractivity contribution is 0.824. The fourth-order valence-corrected chi connectivity index (χ4v) is 0.976. The molecule has 1 aromatic rings. The predicted octanol–water partition coefficient (Wildman–Crippen LogP) is 1.19. The number of nitrogen functional groups attached to an aromatic ring is 1. The lowest BCUT2D eigenvalue weighted by Gasteiger charge is -2.03. The Morgan fingerprint density at radius 2 is 1.83 bits per heavy atom. The summed E-state index contributed by atoms with van der Waals surface area (Å²) in [5, 5.41) is 0. The third-order valence-corrected chi connectivity index (χ3v) is 1.54. The quantitative estimate of drug-likeness (QED) is 0.516. The van der Waals surface area contributed by atoms with Crippen molar-refractivity contribution in [1.82, 2.24) is 0 Å². The second-order valence-corrected chi connectivity index (χ2v) is 2.46. The molecule has 1 aromatic carbocycles. The molecule has 0 bridgehead atoms. The van der Waals surface area contributed by atoms with Gasteiger partial charge in [-0.15, -0.1) is 12.4 Å². The van der Waals surface area contributed by atoms with E-state index in [1.165, 1.54) is 11.1 Å². The highest BCUT2D eigenvalue weighted by Gasteiger charge is 1.93. The Hall–Kier alpha value is -0.770. The van der Waals surface area contributed by atoms with E-state index in [1.807, 2.05) is 19.1 Å². The molecular weight excluding hydrogens is 176 g/mol. The highest BCUT2D eigenvalue weighted by Crippen LogP contribution is 2.13. The smallest absolute Gasteiger partial charge is 0.0514 e. The standard InChI is InChI=1S/C8H12N2.ClH.H2O/c1-6-3-4-8(10-9)7(2)5-6;;/h3-5,10H,9H2,1-2H3;1H;1H2. The topological polar surface area (TPSA) is 69.5 Å². The van der Waals surface area contributed by atoms with Crippen LogP contribution in [0.15, 0.2) is 18.2 Å². The van der Waals surface area contributed by atoms with E-state index in [2.05, 4.69) is 18.4 Å². The van der Waals surface area contributed by atoms with Crippen molar-refractivity contribution >= 4 is 18.1 Å². The molecule has 4 heteroatoms. The van der Waals surface area contributed by atoms with Gasteiger partial charge in [0, 0.05) is 0 Å². The molecule has 0 saturated carbocycles. The molecule has 0 aliphatic heterocycles. The monoisotopic (exact) mass is 190 g/mol. The molecule has 0 heterocycles. The molecule has 3 nitrogen and oxygen atoms in total. The van der Waals surface area contributed by atoms with Gasteiger partial charge in [0.2, 0.25) is 0 Å². The number of rotatable bonds is 1. The first kappa shape index (κ1) is 13.8. The van der Waals surface area contributed by atoms with Crippen LogP contribution >= 0.6 is 12.4 Å². The Kier molecular flexibility index (Phi) is 6.70. The zero-order chi connectivity index (χ0) is 7.56. The van der Waals surface area contributed by atoms with E-state index in [0.29, 0.717) is 0 Å². The van der Waals surface area contributed by atoms with E-state index in [-0.39, 0.29) is 17.9 Å². The third-order valence-electron chi connectivity index (χ3n) is 1.54. The van der Waals surface area contributed by atoms with E-state index in [1.54, 1.807) is 0 Å². The first-order chi connectivity index (χ1) is 4.74. The van der Waals surface area contributed by atoms with E-state index in [4.69, 9.17) is 5.84 Å². The van der Waals surface area contributed by atoms with Crippen LogP contribution in [0.3, 0.4) is 0 Å². The number of nitrogens with two attached hydrogens (primary N) is 1. The van der Waals surface area contributed by atoms with Gasteiger partial charge < -0.3 is 10.9 Å². The molecule has 0 amide bonds. The van der Waals surface area contributed by atoms with E-state index >= 15 is 0 Å². The van der Waals surface area contributed by atoms with Crippen molar-refractivity contribution in [2.24, 2.45) is 5.84 Å². The lowest BCUT2D eigenvalue weighted by Crippen LogP contribution is -2.07. The zero-order valence-electron chi connectivity index (χ0n) is 7.22. The Balaban J connectivity index is 0. The molecule has 12 heavy (non-hydrogen) atoms. The number of aryl methyl sites for hydroxylation is 2. The van der Waals surface area contributed by atoms with Gasteiger partial charge in [0.25, 0.3) is 0 Å². The molecule has 0 aliphatic carbocycles. The van der Waals surface area contributed by atoms with Crippen molar-refractivity contribution in [3.05, 3.63) is 29.3 Å². The Morgan fingerprint density at radius 1 is 1.25 bits per heavy atom. The van der Waals surface area contributed by atoms with Crippen molar-refractivity contribution in [2.45, 2.75) is 13.8 Å². The minimum Gasteiger partial charge on any atom is -0.412 e. The van der Waals surface area contributed by atoms with Crippen LogP contribution in [0.5, 0.6) is 0 Å². The summed E-state index contributed by atoms with van der Waals surface area (Å²) in [4.78, 5) is 0. The van der Waals surface area contributed by atoms with Crippen LogP contribution in [0.25, 0.3) is 0 Å². The number of halogens is 1. The summed E-state index contributed by atoms with van der Waals surface area (Å²) < 4.78 is 0. The average Bonchev–Trinajstić information content (AvgIpc) is 1.88. The second kappa shape index (κ2) is 5.83. The number of hydrogen-bond acceptors (Lipinski definition) is 2. The van der Waals surface area contributed by atoms with Crippen LogP contribution in [-0.4, -0.2) is 5.48 Å². The predicted molar refractivity (Wildman–Crippen MR) is 54.6 cm³/mol. The number of hydrazine groups is 1. The maximum atomic E-state index is 5.25. The van der Waals surface area contributed by atoms with Crippen LogP contribution in [0.1, 0.15) is 11.1 Å². The van der Waals surface area contributed by atoms with Gasteiger partial charge in [-0.1, -0.05) is 17.7 Å². The molecule has 1 rings (SSSR count). The van der Waals surface area contributed by atoms with Gasteiger partial charge in [0.15, 0.2) is 0 Å². The highest BCUT2D eigenvalue weighted by molar-refractivity contribution is 5.85. The van der Waals surface area contributed by atoms with Crippen LogP contribution in [0, 0.1) is 13.8 Å². The summed E-state index contributed by atoms with van der Waals surface area (Å²) >= 11 is 0. The van der Waals surface area contributed by atoms with Gasteiger partial charge in [-0.05, 0) is 25.5 Å². The van der Waals surface area contributed by atoms with Crippen LogP contribution in [0.2, 0.25) is 0 Å². The van der Waals surface area contributed by atoms with Gasteiger partial charge in [-0.2, -0.15) is 0 Å². The van der Waals surface area contributed by atoms with Crippen molar-refractivity contribution in [3.8, 4) is 0 Å². The van der Waals surface area contributed by atoms with E-state index in [9.17, 15) is 0 Å². The fourth-order valence-electron chi connectivity index (χ4n) is 0.976. The van der Waals surface area contributed by atoms with Crippen molar-refractivity contribution in [1.29, 1.82) is 0 Å². The van der Waals surface area contributed by atoms with Crippen LogP contribution in [-0.2, 0) is 0 Å². The van der Waals surface area contributed by atoms with Crippen molar-refractivity contribution in [3.63, 3.8) is 0 Å². The number of anilines is 1. The van der Waals surface area contributed by atoms with Gasteiger partial charge >= 0.3 is 0 Å². The van der Waals surface area contributed by atoms with Gasteiger partial charge in [0.05, 0.1) is 5.69 Å². The van der Waals surface area contributed by atoms with Crippen molar-refractivity contribution in [2.75, 3.05) is 5.43 Å². The van der Waals surface area contributed by atoms with Crippen LogP contribution < -0.4 is 11.3 Å². The van der Waals surface area contributed by atoms with Crippen molar-refractivity contribution < 1.29 is 5.48 Å². The second-order valence-electron chi connectivity index (χ2n) is 2.46. The average molecular weight is 191 g/mol. The summed E-state index contributed by atoms with van der Waals surface area (Å²) in [6.07, 6.45) is 0. The fraction of sp³-hybridized carbons (Fsp3) is 0.250. The zero-order valence-corrected chi connectivity index (χ0v) is 8.03. The summed E-state index contributed by atoms with van der Waals surface area (Å²) in [5.74, 6) is 5.25.